The topological polar surface area (TPSA) is 93.1 Å². The first-order chi connectivity index (χ1) is 15.2. The second kappa shape index (κ2) is 10.6. The molecule has 1 aliphatic heterocycles. The number of halogens is 3. The van der Waals surface area contributed by atoms with Crippen LogP contribution in [-0.2, 0) is 16.2 Å². The molecular weight excluding hydrogens is 545 g/mol. The zero-order valence-electron chi connectivity index (χ0n) is 16.6. The molecule has 0 saturated carbocycles. The minimum absolute atomic E-state index is 0.112. The Kier molecular flexibility index (Phi) is 8.10. The molecule has 0 aromatic heterocycles. The molecule has 0 aliphatic carbocycles. The minimum Gasteiger partial charge on any atom is -0.490 e. The Morgan fingerprint density at radius 1 is 1.19 bits per heavy atom. The number of nitrogens with zero attached hydrogens (tertiary/aromatic N) is 1. The molecule has 1 aliphatic rings. The van der Waals surface area contributed by atoms with Gasteiger partial charge >= 0.3 is 5.97 Å². The van der Waals surface area contributed by atoms with Gasteiger partial charge in [-0.25, -0.2) is 0 Å². The molecule has 11 heteroatoms. The van der Waals surface area contributed by atoms with Gasteiger partial charge in [-0.2, -0.15) is 0 Å². The third-order valence-corrected chi connectivity index (χ3v) is 6.40. The van der Waals surface area contributed by atoms with E-state index in [-0.39, 0.29) is 11.5 Å². The summed E-state index contributed by atoms with van der Waals surface area (Å²) in [7, 11) is 0. The van der Waals surface area contributed by atoms with Crippen molar-refractivity contribution in [2.24, 2.45) is 0 Å². The number of aliphatic carboxylic acids is 1. The van der Waals surface area contributed by atoms with Crippen molar-refractivity contribution in [1.29, 1.82) is 0 Å². The molecule has 2 amide bonds. The zero-order valence-corrected chi connectivity index (χ0v) is 20.5. The number of thioether (sulfide) groups is 1. The van der Waals surface area contributed by atoms with Crippen LogP contribution in [0.2, 0.25) is 10.0 Å². The van der Waals surface area contributed by atoms with Crippen molar-refractivity contribution >= 4 is 74.1 Å². The van der Waals surface area contributed by atoms with Crippen molar-refractivity contribution in [3.05, 3.63) is 60.9 Å². The molecule has 3 rings (SSSR count). The largest absolute Gasteiger partial charge is 0.490 e. The SMILES string of the molecule is CCOc1cc(/C=C2/SC(=O)N(CC(=O)O)C2=O)c(Br)cc1OCc1ccc(Cl)cc1Cl. The number of hydrogen-bond acceptors (Lipinski definition) is 6. The minimum atomic E-state index is -1.27. The molecule has 0 radical (unpaired) electrons. The summed E-state index contributed by atoms with van der Waals surface area (Å²) in [6, 6.07) is 8.45. The van der Waals surface area contributed by atoms with E-state index in [4.69, 9.17) is 37.8 Å². The normalized spacial score (nSPS) is 14.9. The van der Waals surface area contributed by atoms with Gasteiger partial charge in [-0.15, -0.1) is 0 Å². The average Bonchev–Trinajstić information content (AvgIpc) is 2.97. The fourth-order valence-corrected chi connectivity index (χ4v) is 4.48. The first kappa shape index (κ1) is 24.4. The summed E-state index contributed by atoms with van der Waals surface area (Å²) >= 11 is 16.2. The molecule has 32 heavy (non-hydrogen) atoms. The van der Waals surface area contributed by atoms with Gasteiger partial charge in [0, 0.05) is 20.1 Å². The van der Waals surface area contributed by atoms with Gasteiger partial charge in [0.2, 0.25) is 0 Å². The molecule has 7 nitrogen and oxygen atoms in total. The van der Waals surface area contributed by atoms with Gasteiger partial charge in [0.1, 0.15) is 13.2 Å². The molecule has 1 fully saturated rings. The Labute approximate surface area is 206 Å². The van der Waals surface area contributed by atoms with Gasteiger partial charge < -0.3 is 14.6 Å². The highest BCUT2D eigenvalue weighted by molar-refractivity contribution is 9.10. The Morgan fingerprint density at radius 2 is 1.91 bits per heavy atom. The molecule has 2 aromatic rings. The van der Waals surface area contributed by atoms with Gasteiger partial charge in [0.25, 0.3) is 11.1 Å². The number of carbonyl (C=O) groups is 3. The number of rotatable bonds is 8. The van der Waals surface area contributed by atoms with E-state index < -0.39 is 23.7 Å². The standard InChI is InChI=1S/C21H16BrCl2NO6S/c1-2-30-16-5-12(6-18-20(28)25(9-19(26)27)21(29)32-18)14(22)8-17(16)31-10-11-3-4-13(23)7-15(11)24/h3-8H,2,9-10H2,1H3,(H,26,27)/b18-6+. The summed E-state index contributed by atoms with van der Waals surface area (Å²) in [5.41, 5.74) is 1.30. The van der Waals surface area contributed by atoms with Crippen molar-refractivity contribution in [1.82, 2.24) is 4.90 Å². The van der Waals surface area contributed by atoms with Gasteiger partial charge in [-0.3, -0.25) is 19.3 Å². The van der Waals surface area contributed by atoms with Gasteiger partial charge in [0.05, 0.1) is 11.5 Å². The van der Waals surface area contributed by atoms with Gasteiger partial charge in [-0.05, 0) is 54.6 Å². The molecule has 168 valence electrons. The predicted octanol–water partition coefficient (Wildman–Crippen LogP) is 5.85. The van der Waals surface area contributed by atoms with Crippen LogP contribution in [0.5, 0.6) is 11.5 Å². The molecule has 0 spiro atoms. The van der Waals surface area contributed by atoms with Crippen LogP contribution in [0.4, 0.5) is 4.79 Å². The lowest BCUT2D eigenvalue weighted by Crippen LogP contribution is -2.33. The average molecular weight is 561 g/mol. The second-order valence-electron chi connectivity index (χ2n) is 6.44. The molecule has 1 saturated heterocycles. The summed E-state index contributed by atoms with van der Waals surface area (Å²) in [5.74, 6) is -1.06. The van der Waals surface area contributed by atoms with E-state index in [2.05, 4.69) is 15.9 Å². The lowest BCUT2D eigenvalue weighted by Gasteiger charge is -2.15. The summed E-state index contributed by atoms with van der Waals surface area (Å²) < 4.78 is 12.2. The van der Waals surface area contributed by atoms with Crippen LogP contribution in [-0.4, -0.2) is 40.3 Å². The third-order valence-electron chi connectivity index (χ3n) is 4.21. The van der Waals surface area contributed by atoms with E-state index in [1.165, 1.54) is 6.08 Å². The molecule has 0 atom stereocenters. The summed E-state index contributed by atoms with van der Waals surface area (Å²) in [4.78, 5) is 36.1. The van der Waals surface area contributed by atoms with Crippen molar-refractivity contribution < 1.29 is 29.0 Å². The summed E-state index contributed by atoms with van der Waals surface area (Å²) in [6.07, 6.45) is 1.50. The van der Waals surface area contributed by atoms with Crippen LogP contribution in [0.25, 0.3) is 6.08 Å². The monoisotopic (exact) mass is 559 g/mol. The number of imide groups is 1. The van der Waals surface area contributed by atoms with E-state index in [0.717, 1.165) is 5.56 Å². The maximum absolute atomic E-state index is 12.4. The highest BCUT2D eigenvalue weighted by atomic mass is 79.9. The Bertz CT molecular complexity index is 1120. The molecule has 0 unspecified atom stereocenters. The van der Waals surface area contributed by atoms with Crippen LogP contribution in [0.3, 0.4) is 0 Å². The van der Waals surface area contributed by atoms with E-state index in [1.807, 2.05) is 6.92 Å². The van der Waals surface area contributed by atoms with Crippen molar-refractivity contribution in [2.75, 3.05) is 13.2 Å². The Hall–Kier alpha value is -2.20. The van der Waals surface area contributed by atoms with Crippen molar-refractivity contribution in [3.63, 3.8) is 0 Å². The zero-order chi connectivity index (χ0) is 23.4. The van der Waals surface area contributed by atoms with Crippen LogP contribution in [0.1, 0.15) is 18.1 Å². The number of carboxylic acid groups (broad SMARTS) is 1. The third kappa shape index (κ3) is 5.78. The first-order valence-electron chi connectivity index (χ1n) is 9.19. The predicted molar refractivity (Wildman–Crippen MR) is 126 cm³/mol. The summed E-state index contributed by atoms with van der Waals surface area (Å²) in [5, 5.41) is 9.25. The van der Waals surface area contributed by atoms with E-state index in [9.17, 15) is 14.4 Å². The molecule has 0 bridgehead atoms. The van der Waals surface area contributed by atoms with Gasteiger partial charge in [-0.1, -0.05) is 45.2 Å². The number of ether oxygens (including phenoxy) is 2. The summed E-state index contributed by atoms with van der Waals surface area (Å²) in [6.45, 7) is 1.68. The number of hydrogen-bond donors (Lipinski definition) is 1. The lowest BCUT2D eigenvalue weighted by atomic mass is 10.1. The highest BCUT2D eigenvalue weighted by Crippen LogP contribution is 2.38. The Morgan fingerprint density at radius 3 is 2.56 bits per heavy atom. The van der Waals surface area contributed by atoms with Crippen molar-refractivity contribution in [2.45, 2.75) is 13.5 Å². The fraction of sp³-hybridized carbons (Fsp3) is 0.190. The van der Waals surface area contributed by atoms with Crippen LogP contribution in [0.15, 0.2) is 39.7 Å². The smallest absolute Gasteiger partial charge is 0.323 e. The van der Waals surface area contributed by atoms with E-state index >= 15 is 0 Å². The number of carboxylic acids is 1. The molecular formula is C21H16BrCl2NO6S. The molecule has 1 N–H and O–H groups in total. The van der Waals surface area contributed by atoms with Crippen molar-refractivity contribution in [3.8, 4) is 11.5 Å². The first-order valence-corrected chi connectivity index (χ1v) is 11.6. The molecule has 2 aromatic carbocycles. The van der Waals surface area contributed by atoms with Crippen LogP contribution < -0.4 is 9.47 Å². The highest BCUT2D eigenvalue weighted by Gasteiger charge is 2.36. The second-order valence-corrected chi connectivity index (χ2v) is 9.13. The number of benzene rings is 2. The maximum Gasteiger partial charge on any atom is 0.323 e. The fourth-order valence-electron chi connectivity index (χ4n) is 2.75. The number of amides is 2. The van der Waals surface area contributed by atoms with Crippen LogP contribution in [0, 0.1) is 0 Å². The quantitative estimate of drug-likeness (QED) is 0.404. The van der Waals surface area contributed by atoms with E-state index in [0.29, 0.717) is 54.8 Å². The Balaban J connectivity index is 1.87. The van der Waals surface area contributed by atoms with E-state index in [1.54, 1.807) is 30.3 Å². The number of carbonyl (C=O) groups excluding carboxylic acids is 2. The molecule has 1 heterocycles. The lowest BCUT2D eigenvalue weighted by molar-refractivity contribution is -0.140. The maximum atomic E-state index is 12.4. The van der Waals surface area contributed by atoms with Crippen LogP contribution >= 0.6 is 50.9 Å². The van der Waals surface area contributed by atoms with Gasteiger partial charge in [0.15, 0.2) is 11.5 Å².